The number of ether oxygens (including phenoxy) is 5. The molecule has 6 rings (SSSR count). The molecule has 0 aromatic heterocycles. The Kier molecular flexibility index (Phi) is 11.4. The lowest BCUT2D eigenvalue weighted by molar-refractivity contribution is -0.384. The molecule has 0 radical (unpaired) electrons. The number of aliphatic hydroxyl groups is 2. The Morgan fingerprint density at radius 3 is 2.55 bits per heavy atom. The summed E-state index contributed by atoms with van der Waals surface area (Å²) in [4.78, 5) is 24.9. The molecule has 5 aliphatic rings. The smallest absolute Gasteiger partial charge is 0.316 e. The minimum Gasteiger partial charge on any atom is -0.462 e. The van der Waals surface area contributed by atoms with Gasteiger partial charge in [-0.2, -0.15) is 0 Å². The van der Waals surface area contributed by atoms with E-state index in [9.17, 15) is 25.1 Å². The molecule has 1 unspecified atom stereocenters. The molecule has 51 heavy (non-hydrogen) atoms. The lowest BCUT2D eigenvalue weighted by Gasteiger charge is -2.50. The maximum atomic E-state index is 14.2. The highest BCUT2D eigenvalue weighted by Gasteiger charge is 2.60. The third-order valence-corrected chi connectivity index (χ3v) is 11.5. The Morgan fingerprint density at radius 1 is 1.06 bits per heavy atom. The van der Waals surface area contributed by atoms with Crippen molar-refractivity contribution in [1.82, 2.24) is 0 Å². The van der Waals surface area contributed by atoms with Crippen LogP contribution in [0.3, 0.4) is 0 Å². The third-order valence-electron chi connectivity index (χ3n) is 11.5. The zero-order valence-electron chi connectivity index (χ0n) is 30.4. The monoisotopic (exact) mass is 707 g/mol. The van der Waals surface area contributed by atoms with Crippen LogP contribution < -0.4 is 0 Å². The number of esters is 1. The molecule has 2 N–H and O–H groups in total. The molecule has 3 fully saturated rings. The second kappa shape index (κ2) is 15.4. The topological polar surface area (TPSA) is 147 Å². The van der Waals surface area contributed by atoms with E-state index in [0.29, 0.717) is 55.8 Å². The van der Waals surface area contributed by atoms with Gasteiger partial charge in [0.25, 0.3) is 5.69 Å². The number of allylic oxidation sites excluding steroid dienone is 4. The molecule has 1 aliphatic carbocycles. The molecule has 1 spiro atoms. The van der Waals surface area contributed by atoms with E-state index in [0.717, 1.165) is 24.0 Å². The SMILES string of the molecule is CC[C@H]1O[C@]2(CC[C@@H]1C)C[C@@H]1C[C@@H](CC(OCCc3ccc([N+](=O)[O-])cc3)/C(C)=C\[C@@H](C)/C=C/C=C3\CO[C@@H]4[C@H](O)C(C)=C[C@@H](C(=O)O1)[C@]34O)O2. The Balaban J connectivity index is 1.33. The first-order valence-electron chi connectivity index (χ1n) is 18.5. The number of rotatable bonds is 6. The molecule has 3 saturated heterocycles. The average Bonchev–Trinajstić information content (AvgIpc) is 3.43. The highest BCUT2D eigenvalue weighted by molar-refractivity contribution is 5.78. The third kappa shape index (κ3) is 7.94. The van der Waals surface area contributed by atoms with Crippen molar-refractivity contribution in [3.8, 4) is 0 Å². The Hall–Kier alpha value is -3.19. The molecule has 11 nitrogen and oxygen atoms in total. The van der Waals surface area contributed by atoms with Gasteiger partial charge in [0.2, 0.25) is 0 Å². The van der Waals surface area contributed by atoms with Crippen LogP contribution in [-0.2, 0) is 34.9 Å². The van der Waals surface area contributed by atoms with Crippen molar-refractivity contribution in [2.45, 2.75) is 128 Å². The summed E-state index contributed by atoms with van der Waals surface area (Å²) < 4.78 is 32.5. The summed E-state index contributed by atoms with van der Waals surface area (Å²) in [7, 11) is 0. The van der Waals surface area contributed by atoms with Crippen LogP contribution in [0.15, 0.2) is 71.4 Å². The van der Waals surface area contributed by atoms with Gasteiger partial charge in [-0.3, -0.25) is 14.9 Å². The van der Waals surface area contributed by atoms with Crippen LogP contribution in [0.1, 0.15) is 78.7 Å². The van der Waals surface area contributed by atoms with E-state index in [2.05, 4.69) is 26.8 Å². The van der Waals surface area contributed by atoms with Crippen LogP contribution in [0.2, 0.25) is 0 Å². The molecular weight excluding hydrogens is 654 g/mol. The van der Waals surface area contributed by atoms with Gasteiger partial charge in [0, 0.05) is 37.8 Å². The predicted octanol–water partition coefficient (Wildman–Crippen LogP) is 6.07. The number of aliphatic hydroxyl groups excluding tert-OH is 1. The Bertz CT molecular complexity index is 1570. The van der Waals surface area contributed by atoms with Crippen molar-refractivity contribution < 1.29 is 43.6 Å². The minimum absolute atomic E-state index is 0.00276. The number of hydrogen-bond donors (Lipinski definition) is 2. The highest BCUT2D eigenvalue weighted by Crippen LogP contribution is 2.47. The van der Waals surface area contributed by atoms with Crippen LogP contribution in [0.25, 0.3) is 0 Å². The van der Waals surface area contributed by atoms with Gasteiger partial charge in [-0.15, -0.1) is 0 Å². The molecule has 11 atom stereocenters. The lowest BCUT2D eigenvalue weighted by atomic mass is 9.71. The molecule has 1 aromatic carbocycles. The number of nitrogens with zero attached hydrogens (tertiary/aromatic N) is 1. The van der Waals surface area contributed by atoms with E-state index >= 15 is 0 Å². The van der Waals surface area contributed by atoms with E-state index in [1.54, 1.807) is 31.2 Å². The summed E-state index contributed by atoms with van der Waals surface area (Å²) in [5, 5.41) is 34.3. The summed E-state index contributed by atoms with van der Waals surface area (Å²) in [5.74, 6) is -2.20. The number of benzene rings is 1. The molecule has 4 aliphatic heterocycles. The van der Waals surface area contributed by atoms with E-state index in [4.69, 9.17) is 23.7 Å². The summed E-state index contributed by atoms with van der Waals surface area (Å²) in [5.41, 5.74) is 1.31. The second-order valence-corrected chi connectivity index (χ2v) is 15.2. The lowest BCUT2D eigenvalue weighted by Crippen LogP contribution is -2.58. The van der Waals surface area contributed by atoms with Gasteiger partial charge in [-0.1, -0.05) is 63.3 Å². The van der Waals surface area contributed by atoms with Crippen molar-refractivity contribution in [3.63, 3.8) is 0 Å². The fraction of sp³-hybridized carbons (Fsp3) is 0.625. The first-order valence-corrected chi connectivity index (χ1v) is 18.5. The van der Waals surface area contributed by atoms with Crippen molar-refractivity contribution in [2.24, 2.45) is 17.8 Å². The number of non-ortho nitro benzene ring substituents is 1. The molecule has 1 aromatic rings. The zero-order chi connectivity index (χ0) is 36.5. The quantitative estimate of drug-likeness (QED) is 0.155. The van der Waals surface area contributed by atoms with Gasteiger partial charge in [-0.25, -0.2) is 0 Å². The number of fused-ring (bicyclic) bond motifs is 2. The molecule has 4 heterocycles. The second-order valence-electron chi connectivity index (χ2n) is 15.2. The number of hydrogen-bond acceptors (Lipinski definition) is 10. The first kappa shape index (κ1) is 37.6. The number of nitro benzene ring substituents is 1. The fourth-order valence-electron chi connectivity index (χ4n) is 8.52. The molecular formula is C40H53NO10. The maximum Gasteiger partial charge on any atom is 0.316 e. The van der Waals surface area contributed by atoms with Gasteiger partial charge in [0.1, 0.15) is 29.8 Å². The molecule has 0 saturated carbocycles. The maximum absolute atomic E-state index is 14.2. The van der Waals surface area contributed by atoms with Crippen molar-refractivity contribution in [1.29, 1.82) is 0 Å². The standard InChI is InChI=1S/C40H53NO10/c1-6-34-25(3)14-16-39(51-34)22-32-20-31(50-39)21-35(47-17-15-28-10-12-30(13-11-28)41(45)46)26(4)18-24(2)8-7-9-29-23-48-37-36(42)27(5)19-33(38(43)49-32)40(29,37)44/h7-13,18-19,24-25,31-37,42,44H,6,14-17,20-23H2,1-5H3/b8-7+,26-18-,29-9+/t24-,25-,31-,32-,33-,34+,35?,36+,37+,39+,40+/m0/s1. The Labute approximate surface area is 300 Å². The van der Waals surface area contributed by atoms with Gasteiger partial charge >= 0.3 is 5.97 Å². The summed E-state index contributed by atoms with van der Waals surface area (Å²) >= 11 is 0. The minimum atomic E-state index is -1.76. The van der Waals surface area contributed by atoms with E-state index in [1.165, 1.54) is 12.1 Å². The average molecular weight is 708 g/mol. The van der Waals surface area contributed by atoms with Crippen LogP contribution in [0, 0.1) is 27.9 Å². The molecule has 278 valence electrons. The van der Waals surface area contributed by atoms with E-state index < -0.39 is 46.5 Å². The van der Waals surface area contributed by atoms with Gasteiger partial charge in [0.05, 0.1) is 36.4 Å². The van der Waals surface area contributed by atoms with Gasteiger partial charge in [0.15, 0.2) is 5.79 Å². The number of carbonyl (C=O) groups is 1. The van der Waals surface area contributed by atoms with Crippen LogP contribution in [0.5, 0.6) is 0 Å². The number of nitro groups is 1. The predicted molar refractivity (Wildman–Crippen MR) is 190 cm³/mol. The molecule has 2 bridgehead atoms. The normalized spacial score (nSPS) is 41.4. The molecule has 11 heteroatoms. The fourth-order valence-corrected chi connectivity index (χ4v) is 8.52. The Morgan fingerprint density at radius 2 is 1.82 bits per heavy atom. The van der Waals surface area contributed by atoms with Crippen molar-refractivity contribution in [3.05, 3.63) is 87.0 Å². The summed E-state index contributed by atoms with van der Waals surface area (Å²) in [6.45, 7) is 10.6. The van der Waals surface area contributed by atoms with Crippen LogP contribution in [-0.4, -0.2) is 82.3 Å². The van der Waals surface area contributed by atoms with Gasteiger partial charge < -0.3 is 33.9 Å². The summed E-state index contributed by atoms with van der Waals surface area (Å²) in [6, 6.07) is 6.52. The van der Waals surface area contributed by atoms with E-state index in [1.807, 2.05) is 19.1 Å². The highest BCUT2D eigenvalue weighted by atomic mass is 16.7. The van der Waals surface area contributed by atoms with Gasteiger partial charge in [-0.05, 0) is 67.2 Å². The van der Waals surface area contributed by atoms with Crippen molar-refractivity contribution >= 4 is 11.7 Å². The van der Waals surface area contributed by atoms with Crippen LogP contribution in [0.4, 0.5) is 5.69 Å². The zero-order valence-corrected chi connectivity index (χ0v) is 30.4. The number of carbonyl (C=O) groups excluding carboxylic acids is 1. The molecule has 0 amide bonds. The van der Waals surface area contributed by atoms with Crippen molar-refractivity contribution in [2.75, 3.05) is 13.2 Å². The first-order chi connectivity index (χ1) is 24.3. The summed E-state index contributed by atoms with van der Waals surface area (Å²) in [6.07, 6.45) is 10.5. The van der Waals surface area contributed by atoms with E-state index in [-0.39, 0.29) is 36.5 Å². The largest absolute Gasteiger partial charge is 0.462 e. The van der Waals surface area contributed by atoms with Crippen LogP contribution >= 0.6 is 0 Å².